The molecule has 1 atom stereocenters. The zero-order chi connectivity index (χ0) is 23.6. The topological polar surface area (TPSA) is 78.5 Å². The van der Waals surface area contributed by atoms with Crippen molar-refractivity contribution in [2.75, 3.05) is 10.6 Å². The number of anilines is 3. The summed E-state index contributed by atoms with van der Waals surface area (Å²) in [6, 6.07) is 12.5. The summed E-state index contributed by atoms with van der Waals surface area (Å²) in [5.74, 6) is 2.89. The third kappa shape index (κ3) is 7.29. The molecule has 174 valence electrons. The fourth-order valence-corrected chi connectivity index (χ4v) is 3.56. The molecule has 1 aromatic carbocycles. The zero-order valence-corrected chi connectivity index (χ0v) is 21.4. The molecule has 3 N–H and O–H groups in total. The molecule has 2 heterocycles. The number of allylic oxidation sites excluding steroid dienone is 3. The molecule has 7 heteroatoms. The predicted octanol–water partition coefficient (Wildman–Crippen LogP) is 7.68. The van der Waals surface area contributed by atoms with E-state index in [1.807, 2.05) is 19.9 Å². The first-order valence-corrected chi connectivity index (χ1v) is 12.5. The van der Waals surface area contributed by atoms with E-state index in [-0.39, 0.29) is 0 Å². The second-order valence-corrected chi connectivity index (χ2v) is 8.60. The Kier molecular flexibility index (Phi) is 9.24. The van der Waals surface area contributed by atoms with Crippen molar-refractivity contribution in [2.45, 2.75) is 58.8 Å². The van der Waals surface area contributed by atoms with E-state index < -0.39 is 0 Å². The Morgan fingerprint density at radius 1 is 1.24 bits per heavy atom. The van der Waals surface area contributed by atoms with Crippen LogP contribution in [-0.2, 0) is 0 Å². The quantitative estimate of drug-likeness (QED) is 0.258. The van der Waals surface area contributed by atoms with Crippen molar-refractivity contribution < 1.29 is 0 Å². The van der Waals surface area contributed by atoms with E-state index in [1.165, 1.54) is 24.1 Å². The van der Waals surface area contributed by atoms with Crippen molar-refractivity contribution in [1.29, 1.82) is 0 Å². The van der Waals surface area contributed by atoms with E-state index in [2.05, 4.69) is 109 Å². The molecule has 33 heavy (non-hydrogen) atoms. The van der Waals surface area contributed by atoms with Gasteiger partial charge in [0.05, 0.1) is 4.47 Å². The van der Waals surface area contributed by atoms with E-state index in [4.69, 9.17) is 0 Å². The first-order chi connectivity index (χ1) is 16.1. The molecule has 3 aromatic rings. The van der Waals surface area contributed by atoms with Gasteiger partial charge in [-0.2, -0.15) is 10.1 Å². The predicted molar refractivity (Wildman–Crippen MR) is 141 cm³/mol. The molecule has 0 spiro atoms. The molecule has 0 amide bonds. The van der Waals surface area contributed by atoms with Gasteiger partial charge in [0.1, 0.15) is 0 Å². The minimum atomic E-state index is 0.312. The number of aromatic nitrogens is 4. The van der Waals surface area contributed by atoms with Crippen LogP contribution >= 0.6 is 15.9 Å². The number of aromatic amines is 1. The molecule has 0 aliphatic heterocycles. The first kappa shape index (κ1) is 24.7. The normalized spacial score (nSPS) is 14.5. The zero-order valence-electron chi connectivity index (χ0n) is 19.8. The molecule has 2 aromatic heterocycles. The van der Waals surface area contributed by atoms with E-state index >= 15 is 0 Å². The monoisotopic (exact) mass is 508 g/mol. The Bertz CT molecular complexity index is 1070. The summed E-state index contributed by atoms with van der Waals surface area (Å²) >= 11 is 3.53. The van der Waals surface area contributed by atoms with Gasteiger partial charge in [0.25, 0.3) is 0 Å². The maximum Gasteiger partial charge on any atom is 0.229 e. The maximum absolute atomic E-state index is 4.64. The largest absolute Gasteiger partial charge is 0.324 e. The van der Waals surface area contributed by atoms with Gasteiger partial charge >= 0.3 is 0 Å². The molecule has 4 rings (SSSR count). The number of nitrogens with one attached hydrogen (secondary N) is 3. The van der Waals surface area contributed by atoms with Crippen molar-refractivity contribution in [3.8, 4) is 0 Å². The fourth-order valence-electron chi connectivity index (χ4n) is 3.27. The lowest BCUT2D eigenvalue weighted by Gasteiger charge is -2.11. The van der Waals surface area contributed by atoms with Crippen LogP contribution in [-0.4, -0.2) is 20.2 Å². The summed E-state index contributed by atoms with van der Waals surface area (Å²) in [7, 11) is 0. The second-order valence-electron chi connectivity index (χ2n) is 7.75. The highest BCUT2D eigenvalue weighted by Gasteiger charge is 2.25. The number of halogens is 1. The second kappa shape index (κ2) is 12.3. The number of nitrogens with zero attached hydrogens (tertiary/aromatic N) is 3. The van der Waals surface area contributed by atoms with Gasteiger partial charge in [0, 0.05) is 29.6 Å². The highest BCUT2D eigenvalue weighted by atomic mass is 79.9. The van der Waals surface area contributed by atoms with Crippen LogP contribution in [0.25, 0.3) is 0 Å². The van der Waals surface area contributed by atoms with Crippen LogP contribution in [0.3, 0.4) is 0 Å². The number of benzene rings is 1. The standard InChI is InChI=1S/C24H27BrN6.C2H6/c1-3-7-19(13-10-16(2)17-8-5-4-6-9-17)27-24-26-15-20(25)23(29-24)28-22-14-21(30-31-22)18-11-12-18;1-2/h4-10,13-16,18H,3,11-12H2,1-2H3,(H3,26,27,28,29,30,31);1-2H3/b13-10-,19-7+;. The van der Waals surface area contributed by atoms with Crippen LogP contribution in [0, 0.1) is 0 Å². The number of H-pyrrole nitrogens is 1. The van der Waals surface area contributed by atoms with Crippen LogP contribution in [0.5, 0.6) is 0 Å². The summed E-state index contributed by atoms with van der Waals surface area (Å²) in [6.07, 6.45) is 11.5. The average Bonchev–Trinajstić information content (AvgIpc) is 3.60. The molecule has 0 saturated heterocycles. The van der Waals surface area contributed by atoms with E-state index in [0.29, 0.717) is 23.6 Å². The molecule has 6 nitrogen and oxygen atoms in total. The van der Waals surface area contributed by atoms with Gasteiger partial charge in [-0.1, -0.05) is 70.2 Å². The van der Waals surface area contributed by atoms with Gasteiger partial charge in [-0.3, -0.25) is 5.10 Å². The lowest BCUT2D eigenvalue weighted by Crippen LogP contribution is -2.05. The Morgan fingerprint density at radius 3 is 2.70 bits per heavy atom. The molecule has 1 fully saturated rings. The van der Waals surface area contributed by atoms with Crippen LogP contribution in [0.2, 0.25) is 0 Å². The van der Waals surface area contributed by atoms with Crippen molar-refractivity contribution in [3.63, 3.8) is 0 Å². The Morgan fingerprint density at radius 2 is 2.00 bits per heavy atom. The molecular weight excluding hydrogens is 476 g/mol. The SMILES string of the molecule is CC.CC/C=C(\C=C/C(C)c1ccccc1)Nc1ncc(Br)c(Nc2cc(C3CC3)[nH]n2)n1. The Balaban J connectivity index is 0.00000149. The maximum atomic E-state index is 4.64. The highest BCUT2D eigenvalue weighted by molar-refractivity contribution is 9.10. The smallest absolute Gasteiger partial charge is 0.229 e. The number of hydrogen-bond donors (Lipinski definition) is 3. The molecular formula is C26H33BrN6. The minimum Gasteiger partial charge on any atom is -0.324 e. The number of rotatable bonds is 9. The van der Waals surface area contributed by atoms with Gasteiger partial charge in [-0.05, 0) is 52.7 Å². The highest BCUT2D eigenvalue weighted by Crippen LogP contribution is 2.39. The molecule has 1 saturated carbocycles. The van der Waals surface area contributed by atoms with Gasteiger partial charge < -0.3 is 10.6 Å². The van der Waals surface area contributed by atoms with Crippen molar-refractivity contribution in [3.05, 3.63) is 82.3 Å². The fraction of sp³-hybridized carbons (Fsp3) is 0.346. The molecule has 0 bridgehead atoms. The summed E-state index contributed by atoms with van der Waals surface area (Å²) in [4.78, 5) is 9.06. The first-order valence-electron chi connectivity index (χ1n) is 11.7. The summed E-state index contributed by atoms with van der Waals surface area (Å²) < 4.78 is 0.781. The van der Waals surface area contributed by atoms with Gasteiger partial charge in [0.15, 0.2) is 11.6 Å². The third-order valence-corrected chi connectivity index (χ3v) is 5.76. The lowest BCUT2D eigenvalue weighted by atomic mass is 10.0. The van der Waals surface area contributed by atoms with Crippen LogP contribution in [0.4, 0.5) is 17.6 Å². The summed E-state index contributed by atoms with van der Waals surface area (Å²) in [6.45, 7) is 8.30. The average molecular weight is 509 g/mol. The van der Waals surface area contributed by atoms with Crippen LogP contribution < -0.4 is 10.6 Å². The number of hydrogen-bond acceptors (Lipinski definition) is 5. The van der Waals surface area contributed by atoms with E-state index in [0.717, 1.165) is 22.4 Å². The van der Waals surface area contributed by atoms with Crippen LogP contribution in [0.1, 0.15) is 70.1 Å². The molecule has 1 aliphatic rings. The summed E-state index contributed by atoms with van der Waals surface area (Å²) in [5.41, 5.74) is 3.43. The van der Waals surface area contributed by atoms with Gasteiger partial charge in [-0.15, -0.1) is 0 Å². The van der Waals surface area contributed by atoms with Crippen molar-refractivity contribution >= 4 is 33.5 Å². The van der Waals surface area contributed by atoms with Gasteiger partial charge in [-0.25, -0.2) is 4.98 Å². The lowest BCUT2D eigenvalue weighted by molar-refractivity contribution is 0.964. The van der Waals surface area contributed by atoms with Crippen molar-refractivity contribution in [2.24, 2.45) is 0 Å². The van der Waals surface area contributed by atoms with Crippen LogP contribution in [0.15, 0.2) is 71.0 Å². The van der Waals surface area contributed by atoms with Gasteiger partial charge in [0.2, 0.25) is 5.95 Å². The van der Waals surface area contributed by atoms with Crippen molar-refractivity contribution in [1.82, 2.24) is 20.2 Å². The third-order valence-electron chi connectivity index (χ3n) is 5.18. The Hall–Kier alpha value is -2.93. The van der Waals surface area contributed by atoms with E-state index in [1.54, 1.807) is 6.20 Å². The molecule has 1 aliphatic carbocycles. The summed E-state index contributed by atoms with van der Waals surface area (Å²) in [5, 5.41) is 14.1. The van der Waals surface area contributed by atoms with E-state index in [9.17, 15) is 0 Å². The minimum absolute atomic E-state index is 0.312. The Labute approximate surface area is 205 Å². The molecule has 1 unspecified atom stereocenters. The molecule has 0 radical (unpaired) electrons.